The van der Waals surface area contributed by atoms with Crippen molar-refractivity contribution < 1.29 is 60.1 Å². The minimum absolute atomic E-state index is 0.292. The van der Waals surface area contributed by atoms with Gasteiger partial charge >= 0.3 is 24.3 Å². The molecule has 1 aromatic carbocycles. The van der Waals surface area contributed by atoms with Gasteiger partial charge in [-0.25, -0.2) is 19.0 Å². The fourth-order valence-corrected chi connectivity index (χ4v) is 3.62. The normalized spacial score (nSPS) is 16.1. The molecule has 1 fully saturated rings. The number of rotatable bonds is 4. The summed E-state index contributed by atoms with van der Waals surface area (Å²) in [4.78, 5) is 34.1. The average molecular weight is 607 g/mol. The van der Waals surface area contributed by atoms with Gasteiger partial charge in [0, 0.05) is 11.6 Å². The minimum atomic E-state index is -5.08. The number of alkyl halides is 7. The van der Waals surface area contributed by atoms with Crippen molar-refractivity contribution in [2.75, 3.05) is 12.4 Å². The molecule has 4 N–H and O–H groups in total. The van der Waals surface area contributed by atoms with Crippen LogP contribution in [0.25, 0.3) is 27.7 Å². The van der Waals surface area contributed by atoms with Crippen LogP contribution >= 0.6 is 0 Å². The number of carbonyl (C=O) groups is 3. The Balaban J connectivity index is 0.000000289. The lowest BCUT2D eigenvalue weighted by molar-refractivity contribution is -0.193. The van der Waals surface area contributed by atoms with Gasteiger partial charge in [-0.3, -0.25) is 9.89 Å². The van der Waals surface area contributed by atoms with Crippen molar-refractivity contribution in [3.63, 3.8) is 0 Å². The zero-order chi connectivity index (χ0) is 31.6. The largest absolute Gasteiger partial charge is 0.494 e. The highest BCUT2D eigenvalue weighted by molar-refractivity contribution is 5.99. The lowest BCUT2D eigenvalue weighted by atomic mass is 9.97. The van der Waals surface area contributed by atoms with Crippen molar-refractivity contribution in [1.29, 1.82) is 0 Å². The molecule has 2 atom stereocenters. The van der Waals surface area contributed by atoms with E-state index in [0.29, 0.717) is 17.9 Å². The van der Waals surface area contributed by atoms with Crippen molar-refractivity contribution in [2.24, 2.45) is 5.92 Å². The predicted octanol–water partition coefficient (Wildman–Crippen LogP) is 4.76. The highest BCUT2D eigenvalue weighted by Gasteiger charge is 2.44. The van der Waals surface area contributed by atoms with E-state index < -0.39 is 36.4 Å². The number of carboxylic acids is 2. The molecule has 0 saturated heterocycles. The second kappa shape index (κ2) is 11.9. The minimum Gasteiger partial charge on any atom is -0.494 e. The zero-order valence-electron chi connectivity index (χ0n) is 21.3. The van der Waals surface area contributed by atoms with E-state index in [1.165, 1.54) is 0 Å². The smallest absolute Gasteiger partial charge is 0.490 e. The van der Waals surface area contributed by atoms with E-state index in [4.69, 9.17) is 24.5 Å². The maximum atomic E-state index is 13.1. The summed E-state index contributed by atoms with van der Waals surface area (Å²) < 4.78 is 83.8. The van der Waals surface area contributed by atoms with Crippen LogP contribution in [0.3, 0.4) is 0 Å². The number of benzene rings is 1. The summed E-state index contributed by atoms with van der Waals surface area (Å²) in [6.07, 6.45) is -5.43. The number of imidazole rings is 1. The zero-order valence-corrected chi connectivity index (χ0v) is 21.3. The standard InChI is InChI=1S/C20H18FN5O2.2C2HF3O2/c1-10-5-15(28-2)19-13(7-22-25-19)18(10)11-3-4-17-23-16(9-26(17)8-11)24-20(27)12-6-14(12)21;2*3-2(4,5)1(6)7/h3-5,7-9,12,14H,6H2,1-2H3,(H,22,25)(H,24,27);2*(H,6,7)/t12-,14+;;/m1../s1. The Hall–Kier alpha value is -4.90. The third-order valence-electron chi connectivity index (χ3n) is 5.64. The van der Waals surface area contributed by atoms with E-state index in [0.717, 1.165) is 33.3 Å². The van der Waals surface area contributed by atoms with Crippen LogP contribution in [0.15, 0.2) is 36.8 Å². The molecule has 1 aliphatic rings. The number of amides is 1. The number of nitrogens with one attached hydrogen (secondary N) is 2. The van der Waals surface area contributed by atoms with Crippen molar-refractivity contribution in [2.45, 2.75) is 31.9 Å². The molecule has 0 bridgehead atoms. The van der Waals surface area contributed by atoms with E-state index in [1.807, 2.05) is 35.7 Å². The lowest BCUT2D eigenvalue weighted by Crippen LogP contribution is -2.21. The number of carboxylic acid groups (broad SMARTS) is 2. The molecule has 5 rings (SSSR count). The molecule has 0 radical (unpaired) electrons. The van der Waals surface area contributed by atoms with Crippen LogP contribution < -0.4 is 10.1 Å². The summed E-state index contributed by atoms with van der Waals surface area (Å²) in [6.45, 7) is 2.02. The first-order valence-corrected chi connectivity index (χ1v) is 11.5. The van der Waals surface area contributed by atoms with Gasteiger partial charge in [-0.1, -0.05) is 0 Å². The van der Waals surface area contributed by atoms with Gasteiger partial charge < -0.3 is 24.7 Å². The second-order valence-corrected chi connectivity index (χ2v) is 8.69. The number of fused-ring (bicyclic) bond motifs is 2. The third kappa shape index (κ3) is 7.43. The van der Waals surface area contributed by atoms with Gasteiger partial charge in [-0.2, -0.15) is 31.4 Å². The van der Waals surface area contributed by atoms with Crippen molar-refractivity contribution in [3.05, 3.63) is 42.4 Å². The number of aryl methyl sites for hydroxylation is 1. The molecule has 42 heavy (non-hydrogen) atoms. The van der Waals surface area contributed by atoms with Gasteiger partial charge in [0.1, 0.15) is 23.1 Å². The van der Waals surface area contributed by atoms with E-state index in [9.17, 15) is 35.5 Å². The van der Waals surface area contributed by atoms with E-state index >= 15 is 0 Å². The number of pyridine rings is 1. The van der Waals surface area contributed by atoms with Gasteiger partial charge in [-0.15, -0.1) is 0 Å². The fourth-order valence-electron chi connectivity index (χ4n) is 3.62. The number of nitrogens with zero attached hydrogens (tertiary/aromatic N) is 3. The fraction of sp³-hybridized carbons (Fsp3) is 0.292. The number of aliphatic carboxylic acids is 2. The maximum Gasteiger partial charge on any atom is 0.490 e. The molecule has 1 aliphatic carbocycles. The molecule has 1 amide bonds. The molecule has 3 aromatic heterocycles. The Bertz CT molecular complexity index is 1610. The summed E-state index contributed by atoms with van der Waals surface area (Å²) in [5.41, 5.74) is 4.62. The predicted molar refractivity (Wildman–Crippen MR) is 131 cm³/mol. The Morgan fingerprint density at radius 1 is 1.07 bits per heavy atom. The highest BCUT2D eigenvalue weighted by atomic mass is 19.4. The number of aromatic amines is 1. The number of aromatic nitrogens is 4. The van der Waals surface area contributed by atoms with Crippen LogP contribution in [-0.2, 0) is 14.4 Å². The number of methoxy groups -OCH3 is 1. The molecule has 11 nitrogen and oxygen atoms in total. The average Bonchev–Trinajstić information content (AvgIpc) is 3.23. The monoisotopic (exact) mass is 607 g/mol. The van der Waals surface area contributed by atoms with Crippen LogP contribution in [0.2, 0.25) is 0 Å². The van der Waals surface area contributed by atoms with E-state index in [-0.39, 0.29) is 5.91 Å². The van der Waals surface area contributed by atoms with Gasteiger partial charge in [0.2, 0.25) is 5.91 Å². The van der Waals surface area contributed by atoms with Crippen LogP contribution in [0.5, 0.6) is 5.75 Å². The van der Waals surface area contributed by atoms with Crippen LogP contribution in [0.1, 0.15) is 12.0 Å². The first kappa shape index (κ1) is 31.6. The lowest BCUT2D eigenvalue weighted by Gasteiger charge is -2.11. The topological polar surface area (TPSA) is 159 Å². The molecular weight excluding hydrogens is 587 g/mol. The molecule has 0 unspecified atom stereocenters. The van der Waals surface area contributed by atoms with E-state index in [2.05, 4.69) is 20.5 Å². The summed E-state index contributed by atoms with van der Waals surface area (Å²) in [5.74, 6) is -5.21. The molecule has 18 heteroatoms. The number of ether oxygens (including phenoxy) is 1. The molecule has 0 aliphatic heterocycles. The molecule has 0 spiro atoms. The number of H-pyrrole nitrogens is 1. The maximum absolute atomic E-state index is 13.1. The Kier molecular flexibility index (Phi) is 8.97. The summed E-state index contributed by atoms with van der Waals surface area (Å²) in [7, 11) is 1.63. The number of hydrogen-bond acceptors (Lipinski definition) is 6. The second-order valence-electron chi connectivity index (χ2n) is 8.69. The Morgan fingerprint density at radius 2 is 1.64 bits per heavy atom. The number of halogens is 7. The van der Waals surface area contributed by atoms with Crippen molar-refractivity contribution in [3.8, 4) is 16.9 Å². The van der Waals surface area contributed by atoms with Gasteiger partial charge in [0.15, 0.2) is 5.82 Å². The first-order chi connectivity index (χ1) is 19.4. The first-order valence-electron chi connectivity index (χ1n) is 11.5. The quantitative estimate of drug-likeness (QED) is 0.242. The van der Waals surface area contributed by atoms with Crippen LogP contribution in [0.4, 0.5) is 36.6 Å². The summed E-state index contributed by atoms with van der Waals surface area (Å²) in [6, 6.07) is 5.84. The van der Waals surface area contributed by atoms with Crippen molar-refractivity contribution >= 4 is 40.2 Å². The Labute approximate surface area is 229 Å². The molecule has 4 aromatic rings. The van der Waals surface area contributed by atoms with Gasteiger partial charge in [0.05, 0.1) is 25.4 Å². The molecule has 226 valence electrons. The number of anilines is 1. The van der Waals surface area contributed by atoms with Crippen LogP contribution in [0, 0.1) is 12.8 Å². The van der Waals surface area contributed by atoms with Crippen LogP contribution in [-0.4, -0.2) is 73.3 Å². The summed E-state index contributed by atoms with van der Waals surface area (Å²) in [5, 5.41) is 25.1. The summed E-state index contributed by atoms with van der Waals surface area (Å²) >= 11 is 0. The molecule has 3 heterocycles. The highest BCUT2D eigenvalue weighted by Crippen LogP contribution is 2.37. The molecular formula is C24H20F7N5O6. The Morgan fingerprint density at radius 3 is 2.14 bits per heavy atom. The third-order valence-corrected chi connectivity index (χ3v) is 5.64. The number of hydrogen-bond donors (Lipinski definition) is 4. The van der Waals surface area contributed by atoms with E-state index in [1.54, 1.807) is 19.5 Å². The molecule has 1 saturated carbocycles. The van der Waals surface area contributed by atoms with Gasteiger partial charge in [-0.05, 0) is 48.2 Å². The van der Waals surface area contributed by atoms with Crippen molar-refractivity contribution in [1.82, 2.24) is 19.6 Å². The SMILES string of the molecule is COc1cc(C)c(-c2ccc3nc(NC(=O)[C@@H]4C[C@@H]4F)cn3c2)c2cn[nH]c12.O=C(O)C(F)(F)F.O=C(O)C(F)(F)F. The van der Waals surface area contributed by atoms with Gasteiger partial charge in [0.25, 0.3) is 0 Å². The number of carbonyl (C=O) groups excluding carboxylic acids is 1.